The third kappa shape index (κ3) is 3.66. The van der Waals surface area contributed by atoms with Crippen molar-refractivity contribution >= 4 is 23.2 Å². The van der Waals surface area contributed by atoms with Crippen LogP contribution in [-0.4, -0.2) is 36.7 Å². The van der Waals surface area contributed by atoms with Crippen molar-refractivity contribution in [1.82, 2.24) is 4.90 Å². The lowest BCUT2D eigenvalue weighted by Crippen LogP contribution is -2.53. The normalized spacial score (nSPS) is 20.9. The predicted molar refractivity (Wildman–Crippen MR) is 84.5 cm³/mol. The SMILES string of the molecule is CC1(C)COCCN1CCC(N)c1cccc(Cl)c1Cl. The van der Waals surface area contributed by atoms with Crippen LogP contribution < -0.4 is 5.73 Å². The minimum atomic E-state index is -0.0974. The maximum atomic E-state index is 6.27. The molecule has 0 amide bonds. The lowest BCUT2D eigenvalue weighted by atomic mass is 9.99. The first-order valence-corrected chi connectivity index (χ1v) is 7.70. The van der Waals surface area contributed by atoms with Crippen LogP contribution in [-0.2, 0) is 4.74 Å². The number of nitrogens with zero attached hydrogens (tertiary/aromatic N) is 1. The van der Waals surface area contributed by atoms with E-state index in [1.165, 1.54) is 0 Å². The third-order valence-electron chi connectivity index (χ3n) is 3.91. The lowest BCUT2D eigenvalue weighted by molar-refractivity contribution is -0.0517. The summed E-state index contributed by atoms with van der Waals surface area (Å²) in [6.45, 7) is 7.83. The summed E-state index contributed by atoms with van der Waals surface area (Å²) in [5.41, 5.74) is 7.26. The van der Waals surface area contributed by atoms with Crippen molar-refractivity contribution in [2.75, 3.05) is 26.3 Å². The molecule has 1 aromatic carbocycles. The van der Waals surface area contributed by atoms with Gasteiger partial charge < -0.3 is 10.5 Å². The van der Waals surface area contributed by atoms with Crippen LogP contribution in [0.15, 0.2) is 18.2 Å². The minimum Gasteiger partial charge on any atom is -0.378 e. The fraction of sp³-hybridized carbons (Fsp3) is 0.600. The Morgan fingerprint density at radius 3 is 2.85 bits per heavy atom. The monoisotopic (exact) mass is 316 g/mol. The molecular weight excluding hydrogens is 295 g/mol. The number of hydrogen-bond donors (Lipinski definition) is 1. The van der Waals surface area contributed by atoms with E-state index in [1.54, 1.807) is 6.07 Å². The second-order valence-electron chi connectivity index (χ2n) is 5.89. The van der Waals surface area contributed by atoms with E-state index in [2.05, 4.69) is 18.7 Å². The molecule has 2 N–H and O–H groups in total. The van der Waals surface area contributed by atoms with E-state index in [4.69, 9.17) is 33.7 Å². The summed E-state index contributed by atoms with van der Waals surface area (Å²) < 4.78 is 5.53. The third-order valence-corrected chi connectivity index (χ3v) is 4.74. The van der Waals surface area contributed by atoms with E-state index in [0.29, 0.717) is 10.0 Å². The van der Waals surface area contributed by atoms with Crippen molar-refractivity contribution < 1.29 is 4.74 Å². The molecule has 1 aliphatic rings. The van der Waals surface area contributed by atoms with Crippen molar-refractivity contribution in [3.8, 4) is 0 Å². The number of ether oxygens (including phenoxy) is 1. The molecule has 1 fully saturated rings. The molecular formula is C15H22Cl2N2O. The highest BCUT2D eigenvalue weighted by molar-refractivity contribution is 6.42. The number of nitrogens with two attached hydrogens (primary N) is 1. The van der Waals surface area contributed by atoms with E-state index in [9.17, 15) is 0 Å². The number of hydrogen-bond acceptors (Lipinski definition) is 3. The zero-order valence-corrected chi connectivity index (χ0v) is 13.5. The smallest absolute Gasteiger partial charge is 0.0645 e. The molecule has 1 aliphatic heterocycles. The van der Waals surface area contributed by atoms with Crippen molar-refractivity contribution in [1.29, 1.82) is 0 Å². The van der Waals surface area contributed by atoms with E-state index in [0.717, 1.165) is 38.3 Å². The lowest BCUT2D eigenvalue weighted by Gasteiger charge is -2.42. The van der Waals surface area contributed by atoms with Gasteiger partial charge in [0, 0.05) is 24.7 Å². The molecule has 1 heterocycles. The topological polar surface area (TPSA) is 38.5 Å². The van der Waals surface area contributed by atoms with E-state index in [1.807, 2.05) is 12.1 Å². The van der Waals surface area contributed by atoms with Crippen LogP contribution in [0.3, 0.4) is 0 Å². The van der Waals surface area contributed by atoms with Crippen molar-refractivity contribution in [3.63, 3.8) is 0 Å². The van der Waals surface area contributed by atoms with Gasteiger partial charge >= 0.3 is 0 Å². The van der Waals surface area contributed by atoms with Gasteiger partial charge in [0.1, 0.15) is 0 Å². The number of morpholine rings is 1. The van der Waals surface area contributed by atoms with Gasteiger partial charge in [0.2, 0.25) is 0 Å². The Morgan fingerprint density at radius 2 is 2.15 bits per heavy atom. The quantitative estimate of drug-likeness (QED) is 0.924. The molecule has 1 saturated heterocycles. The van der Waals surface area contributed by atoms with Crippen LogP contribution in [0.2, 0.25) is 10.0 Å². The van der Waals surface area contributed by atoms with E-state index in [-0.39, 0.29) is 11.6 Å². The van der Waals surface area contributed by atoms with E-state index < -0.39 is 0 Å². The van der Waals surface area contributed by atoms with E-state index >= 15 is 0 Å². The first-order chi connectivity index (χ1) is 9.42. The predicted octanol–water partition coefficient (Wildman–Crippen LogP) is 3.49. The first kappa shape index (κ1) is 16.1. The summed E-state index contributed by atoms with van der Waals surface area (Å²) in [5.74, 6) is 0. The van der Waals surface area contributed by atoms with Crippen molar-refractivity contribution in [3.05, 3.63) is 33.8 Å². The summed E-state index contributed by atoms with van der Waals surface area (Å²) >= 11 is 12.3. The van der Waals surface area contributed by atoms with Gasteiger partial charge in [0.25, 0.3) is 0 Å². The minimum absolute atomic E-state index is 0.0656. The molecule has 0 bridgehead atoms. The summed E-state index contributed by atoms with van der Waals surface area (Å²) in [6.07, 6.45) is 0.851. The summed E-state index contributed by atoms with van der Waals surface area (Å²) in [7, 11) is 0. The van der Waals surface area contributed by atoms with Crippen molar-refractivity contribution in [2.45, 2.75) is 31.8 Å². The van der Waals surface area contributed by atoms with Crippen LogP contribution in [0.5, 0.6) is 0 Å². The van der Waals surface area contributed by atoms with Gasteiger partial charge in [0.05, 0.1) is 23.3 Å². The Bertz CT molecular complexity index is 465. The van der Waals surface area contributed by atoms with Crippen LogP contribution >= 0.6 is 23.2 Å². The average molecular weight is 317 g/mol. The standard InChI is InChI=1S/C15H22Cl2N2O/c1-15(2)10-20-9-8-19(15)7-6-13(18)11-4-3-5-12(16)14(11)17/h3-5,13H,6-10,18H2,1-2H3. The Hall–Kier alpha value is -0.320. The van der Waals surface area contributed by atoms with Gasteiger partial charge in [-0.25, -0.2) is 0 Å². The average Bonchev–Trinajstić information content (AvgIpc) is 2.40. The summed E-state index contributed by atoms with van der Waals surface area (Å²) in [5, 5.41) is 1.13. The zero-order valence-electron chi connectivity index (χ0n) is 12.0. The molecule has 20 heavy (non-hydrogen) atoms. The van der Waals surface area contributed by atoms with Gasteiger partial charge in [-0.05, 0) is 31.9 Å². The molecule has 1 atom stereocenters. The molecule has 112 valence electrons. The second kappa shape index (κ2) is 6.63. The fourth-order valence-corrected chi connectivity index (χ4v) is 3.01. The molecule has 0 spiro atoms. The first-order valence-electron chi connectivity index (χ1n) is 6.94. The molecule has 1 unspecified atom stereocenters. The Morgan fingerprint density at radius 1 is 1.40 bits per heavy atom. The van der Waals surface area contributed by atoms with Crippen molar-refractivity contribution in [2.24, 2.45) is 5.73 Å². The van der Waals surface area contributed by atoms with Crippen LogP contribution in [0.1, 0.15) is 31.9 Å². The van der Waals surface area contributed by atoms with Gasteiger partial charge in [0.15, 0.2) is 0 Å². The number of benzene rings is 1. The largest absolute Gasteiger partial charge is 0.378 e. The van der Waals surface area contributed by atoms with Crippen LogP contribution in [0, 0.1) is 0 Å². The molecule has 2 rings (SSSR count). The maximum Gasteiger partial charge on any atom is 0.0645 e. The molecule has 3 nitrogen and oxygen atoms in total. The summed E-state index contributed by atoms with van der Waals surface area (Å²) in [6, 6.07) is 5.52. The van der Waals surface area contributed by atoms with Gasteiger partial charge in [-0.15, -0.1) is 0 Å². The molecule has 5 heteroatoms. The van der Waals surface area contributed by atoms with Crippen LogP contribution in [0.4, 0.5) is 0 Å². The zero-order chi connectivity index (χ0) is 14.8. The number of rotatable bonds is 4. The molecule has 0 aromatic heterocycles. The Labute approximate surface area is 131 Å². The Kier molecular flexibility index (Phi) is 5.32. The summed E-state index contributed by atoms with van der Waals surface area (Å²) in [4.78, 5) is 2.43. The highest BCUT2D eigenvalue weighted by Crippen LogP contribution is 2.31. The van der Waals surface area contributed by atoms with Gasteiger partial charge in [-0.2, -0.15) is 0 Å². The molecule has 1 aromatic rings. The second-order valence-corrected chi connectivity index (χ2v) is 6.68. The number of halogens is 2. The van der Waals surface area contributed by atoms with Crippen LogP contribution in [0.25, 0.3) is 0 Å². The van der Waals surface area contributed by atoms with Gasteiger partial charge in [-0.3, -0.25) is 4.90 Å². The molecule has 0 saturated carbocycles. The fourth-order valence-electron chi connectivity index (χ4n) is 2.56. The molecule has 0 aliphatic carbocycles. The van der Waals surface area contributed by atoms with Gasteiger partial charge in [-0.1, -0.05) is 35.3 Å². The molecule has 0 radical (unpaired) electrons. The maximum absolute atomic E-state index is 6.27. The Balaban J connectivity index is 1.98. The highest BCUT2D eigenvalue weighted by Gasteiger charge is 2.30. The highest BCUT2D eigenvalue weighted by atomic mass is 35.5.